The second kappa shape index (κ2) is 14.5. The number of aromatic nitrogens is 5. The minimum atomic E-state index is -1.05. The van der Waals surface area contributed by atoms with E-state index < -0.39 is 17.2 Å². The summed E-state index contributed by atoms with van der Waals surface area (Å²) in [6.07, 6.45) is 4.83. The van der Waals surface area contributed by atoms with Crippen molar-refractivity contribution < 1.29 is 23.0 Å². The van der Waals surface area contributed by atoms with Crippen LogP contribution in [0.3, 0.4) is 0 Å². The second-order valence-electron chi connectivity index (χ2n) is 12.7. The van der Waals surface area contributed by atoms with Gasteiger partial charge in [0.25, 0.3) is 5.91 Å². The van der Waals surface area contributed by atoms with Crippen LogP contribution in [0.15, 0.2) is 85.6 Å². The maximum Gasteiger partial charge on any atom is 0.256 e. The van der Waals surface area contributed by atoms with Crippen LogP contribution in [0.2, 0.25) is 0 Å². The summed E-state index contributed by atoms with van der Waals surface area (Å²) in [5.74, 6) is 0.251. The zero-order valence-electron chi connectivity index (χ0n) is 27.9. The molecule has 2 fully saturated rings. The van der Waals surface area contributed by atoms with Gasteiger partial charge in [-0.3, -0.25) is 4.79 Å². The SMILES string of the molecule is Cc1cc(OC[C@@H]2CO[C@@](Cn3cncn3)(c3ccc(F)cc3F)C2)cc(N2CCN(c3ccc(C(=O)Nc4ccc(C#N)cn4)cc3)CC2)n1. The molecule has 12 nitrogen and oxygen atoms in total. The van der Waals surface area contributed by atoms with E-state index in [0.717, 1.165) is 49.4 Å². The van der Waals surface area contributed by atoms with Gasteiger partial charge in [-0.15, -0.1) is 0 Å². The molecule has 0 bridgehead atoms. The topological polar surface area (TPSA) is 134 Å². The molecule has 0 aliphatic carbocycles. The monoisotopic (exact) mass is 691 g/mol. The van der Waals surface area contributed by atoms with Gasteiger partial charge in [-0.25, -0.2) is 28.4 Å². The number of amides is 1. The molecule has 2 atom stereocenters. The van der Waals surface area contributed by atoms with Crippen LogP contribution in [0.4, 0.5) is 26.1 Å². The summed E-state index contributed by atoms with van der Waals surface area (Å²) in [6.45, 7) is 5.86. The van der Waals surface area contributed by atoms with E-state index >= 15 is 4.39 Å². The lowest BCUT2D eigenvalue weighted by Gasteiger charge is -2.37. The quantitative estimate of drug-likeness (QED) is 0.211. The third-order valence-corrected chi connectivity index (χ3v) is 9.15. The summed E-state index contributed by atoms with van der Waals surface area (Å²) in [6, 6.07) is 20.1. The van der Waals surface area contributed by atoms with Crippen LogP contribution < -0.4 is 19.9 Å². The van der Waals surface area contributed by atoms with E-state index in [-0.39, 0.29) is 23.9 Å². The number of hydrogen-bond acceptors (Lipinski definition) is 10. The molecule has 260 valence electrons. The van der Waals surface area contributed by atoms with Crippen LogP contribution in [0.5, 0.6) is 5.75 Å². The first kappa shape index (κ1) is 33.6. The zero-order chi connectivity index (χ0) is 35.4. The Morgan fingerprint density at radius 2 is 1.86 bits per heavy atom. The zero-order valence-corrected chi connectivity index (χ0v) is 27.9. The Morgan fingerprint density at radius 1 is 1.06 bits per heavy atom. The first-order valence-electron chi connectivity index (χ1n) is 16.6. The molecule has 3 aromatic heterocycles. The van der Waals surface area contributed by atoms with Crippen molar-refractivity contribution in [3.8, 4) is 11.8 Å². The third kappa shape index (κ3) is 7.63. The Hall–Kier alpha value is -5.94. The number of anilines is 3. The molecule has 0 spiro atoms. The Balaban J connectivity index is 0.948. The van der Waals surface area contributed by atoms with Crippen molar-refractivity contribution in [1.82, 2.24) is 24.7 Å². The molecule has 5 aromatic rings. The summed E-state index contributed by atoms with van der Waals surface area (Å²) in [5.41, 5.74) is 2.01. The second-order valence-corrected chi connectivity index (χ2v) is 12.7. The lowest BCUT2D eigenvalue weighted by molar-refractivity contribution is -0.0206. The van der Waals surface area contributed by atoms with Crippen LogP contribution in [-0.4, -0.2) is 70.0 Å². The van der Waals surface area contributed by atoms with Crippen LogP contribution in [0.1, 0.15) is 33.6 Å². The molecule has 5 heterocycles. The number of rotatable bonds is 10. The fourth-order valence-electron chi connectivity index (χ4n) is 6.61. The molecular formula is C37H35F2N9O3. The highest BCUT2D eigenvalue weighted by Crippen LogP contribution is 2.42. The minimum absolute atomic E-state index is 0.0523. The number of carbonyl (C=O) groups is 1. The van der Waals surface area contributed by atoms with Gasteiger partial charge in [-0.2, -0.15) is 10.4 Å². The highest BCUT2D eigenvalue weighted by Gasteiger charge is 2.44. The van der Waals surface area contributed by atoms with E-state index in [2.05, 4.69) is 30.2 Å². The lowest BCUT2D eigenvalue weighted by atomic mass is 9.87. The van der Waals surface area contributed by atoms with Crippen molar-refractivity contribution in [2.75, 3.05) is 54.5 Å². The largest absolute Gasteiger partial charge is 0.493 e. The number of ether oxygens (including phenoxy) is 2. The Kier molecular flexibility index (Phi) is 9.54. The fourth-order valence-corrected chi connectivity index (χ4v) is 6.61. The molecule has 0 unspecified atom stereocenters. The summed E-state index contributed by atoms with van der Waals surface area (Å²) in [5, 5.41) is 15.9. The minimum Gasteiger partial charge on any atom is -0.493 e. The number of piperazine rings is 1. The maximum absolute atomic E-state index is 15.0. The molecule has 0 saturated carbocycles. The predicted octanol–water partition coefficient (Wildman–Crippen LogP) is 5.12. The number of benzene rings is 2. The van der Waals surface area contributed by atoms with Crippen LogP contribution >= 0.6 is 0 Å². The highest BCUT2D eigenvalue weighted by atomic mass is 19.1. The van der Waals surface area contributed by atoms with Crippen molar-refractivity contribution >= 4 is 23.2 Å². The maximum atomic E-state index is 15.0. The van der Waals surface area contributed by atoms with Crippen LogP contribution in [-0.2, 0) is 16.9 Å². The van der Waals surface area contributed by atoms with E-state index in [1.54, 1.807) is 35.3 Å². The van der Waals surface area contributed by atoms with Crippen molar-refractivity contribution in [1.29, 1.82) is 5.26 Å². The summed E-state index contributed by atoms with van der Waals surface area (Å²) >= 11 is 0. The number of nitriles is 1. The number of aryl methyl sites for hydroxylation is 1. The van der Waals surface area contributed by atoms with Gasteiger partial charge in [-0.1, -0.05) is 6.07 Å². The van der Waals surface area contributed by atoms with E-state index in [4.69, 9.17) is 19.7 Å². The Morgan fingerprint density at radius 3 is 2.57 bits per heavy atom. The van der Waals surface area contributed by atoms with Gasteiger partial charge in [-0.05, 0) is 55.8 Å². The Labute approximate surface area is 293 Å². The lowest BCUT2D eigenvalue weighted by Crippen LogP contribution is -2.46. The smallest absolute Gasteiger partial charge is 0.256 e. The highest BCUT2D eigenvalue weighted by molar-refractivity contribution is 6.03. The normalized spacial score (nSPS) is 18.7. The van der Waals surface area contributed by atoms with E-state index in [9.17, 15) is 9.18 Å². The number of hydrogen-bond donors (Lipinski definition) is 1. The number of nitrogens with one attached hydrogen (secondary N) is 1. The molecule has 51 heavy (non-hydrogen) atoms. The van der Waals surface area contributed by atoms with E-state index in [1.165, 1.54) is 24.7 Å². The summed E-state index contributed by atoms with van der Waals surface area (Å²) in [4.78, 5) is 30.1. The molecule has 14 heteroatoms. The molecule has 0 radical (unpaired) electrons. The Bertz CT molecular complexity index is 2030. The molecule has 2 aliphatic rings. The van der Waals surface area contributed by atoms with Gasteiger partial charge in [0, 0.05) is 79.0 Å². The first-order chi connectivity index (χ1) is 24.8. The molecule has 1 amide bonds. The molecule has 7 rings (SSSR count). The van der Waals surface area contributed by atoms with Crippen molar-refractivity contribution in [3.63, 3.8) is 0 Å². The van der Waals surface area contributed by atoms with E-state index in [1.807, 2.05) is 37.3 Å². The first-order valence-corrected chi connectivity index (χ1v) is 16.6. The number of carbonyl (C=O) groups excluding carboxylic acids is 1. The van der Waals surface area contributed by atoms with Crippen LogP contribution in [0.25, 0.3) is 0 Å². The number of pyridine rings is 2. The summed E-state index contributed by atoms with van der Waals surface area (Å²) < 4.78 is 43.0. The summed E-state index contributed by atoms with van der Waals surface area (Å²) in [7, 11) is 0. The average molecular weight is 692 g/mol. The molecule has 2 saturated heterocycles. The number of halogens is 2. The van der Waals surface area contributed by atoms with Crippen molar-refractivity contribution in [3.05, 3.63) is 120 Å². The standard InChI is InChI=1S/C37H35F2N9O3/c1-25-14-31(50-20-27-17-37(51-21-27,22-48-24-41-23-43-48)32-8-5-29(38)15-33(32)39)16-35(44-25)47-12-10-46(11-13-47)30-6-3-28(4-7-30)36(49)45-34-9-2-26(18-40)19-42-34/h2-9,14-16,19,23-24,27H,10-13,17,20-22H2,1H3,(H,42,45,49)/t27-,37+/m1/s1. The van der Waals surface area contributed by atoms with Crippen LogP contribution in [0, 0.1) is 35.8 Å². The van der Waals surface area contributed by atoms with E-state index in [0.29, 0.717) is 42.3 Å². The molecule has 1 N–H and O–H groups in total. The van der Waals surface area contributed by atoms with Gasteiger partial charge in [0.05, 0.1) is 25.3 Å². The third-order valence-electron chi connectivity index (χ3n) is 9.15. The molecular weight excluding hydrogens is 656 g/mol. The average Bonchev–Trinajstić information content (AvgIpc) is 3.81. The fraction of sp³-hybridized carbons (Fsp3) is 0.297. The van der Waals surface area contributed by atoms with Gasteiger partial charge in [0.15, 0.2) is 0 Å². The van der Waals surface area contributed by atoms with Crippen molar-refractivity contribution in [2.24, 2.45) is 5.92 Å². The van der Waals surface area contributed by atoms with Gasteiger partial charge in [0.2, 0.25) is 0 Å². The van der Waals surface area contributed by atoms with Crippen molar-refractivity contribution in [2.45, 2.75) is 25.5 Å². The number of nitrogens with zero attached hydrogens (tertiary/aromatic N) is 8. The van der Waals surface area contributed by atoms with Gasteiger partial charge >= 0.3 is 0 Å². The molecule has 2 aliphatic heterocycles. The molecule has 2 aromatic carbocycles. The van der Waals surface area contributed by atoms with Gasteiger partial charge in [0.1, 0.15) is 53.3 Å². The predicted molar refractivity (Wildman–Crippen MR) is 184 cm³/mol. The van der Waals surface area contributed by atoms with Gasteiger partial charge < -0.3 is 24.6 Å².